The number of esters is 2. The molecule has 0 unspecified atom stereocenters. The molecule has 166 valence electrons. The van der Waals surface area contributed by atoms with Gasteiger partial charge in [0.1, 0.15) is 4.88 Å². The molecule has 3 rings (SSSR count). The number of halogens is 3. The summed E-state index contributed by atoms with van der Waals surface area (Å²) < 4.78 is 10.0. The summed E-state index contributed by atoms with van der Waals surface area (Å²) in [5.41, 5.74) is 0.845. The van der Waals surface area contributed by atoms with Crippen LogP contribution in [0.15, 0.2) is 42.6 Å². The molecule has 1 amide bonds. The number of aromatic nitrogens is 1. The van der Waals surface area contributed by atoms with Crippen molar-refractivity contribution in [2.75, 3.05) is 18.5 Å². The van der Waals surface area contributed by atoms with Crippen molar-refractivity contribution >= 4 is 69.7 Å². The lowest BCUT2D eigenvalue weighted by Crippen LogP contribution is -2.22. The van der Waals surface area contributed by atoms with Gasteiger partial charge in [0.05, 0.1) is 27.4 Å². The van der Waals surface area contributed by atoms with Crippen LogP contribution in [0.5, 0.6) is 0 Å². The summed E-state index contributed by atoms with van der Waals surface area (Å²) in [4.78, 5) is 41.7. The normalized spacial score (nSPS) is 10.5. The minimum atomic E-state index is -0.954. The molecule has 32 heavy (non-hydrogen) atoms. The van der Waals surface area contributed by atoms with Crippen LogP contribution in [0.1, 0.15) is 27.1 Å². The molecule has 0 bridgehead atoms. The number of anilines is 1. The van der Waals surface area contributed by atoms with Crippen molar-refractivity contribution in [2.45, 2.75) is 6.92 Å². The molecular formula is C21H15Cl3N2O5S. The Kier molecular flexibility index (Phi) is 8.09. The zero-order valence-electron chi connectivity index (χ0n) is 16.5. The van der Waals surface area contributed by atoms with E-state index in [1.165, 1.54) is 11.3 Å². The molecule has 11 heteroatoms. The Morgan fingerprint density at radius 1 is 1.03 bits per heavy atom. The van der Waals surface area contributed by atoms with Crippen LogP contribution >= 0.6 is 46.1 Å². The molecule has 0 fully saturated rings. The van der Waals surface area contributed by atoms with Gasteiger partial charge < -0.3 is 14.8 Å². The van der Waals surface area contributed by atoms with Gasteiger partial charge in [-0.15, -0.1) is 11.3 Å². The van der Waals surface area contributed by atoms with Crippen LogP contribution in [0.25, 0.3) is 10.4 Å². The van der Waals surface area contributed by atoms with E-state index in [9.17, 15) is 14.4 Å². The van der Waals surface area contributed by atoms with Crippen LogP contribution in [0.3, 0.4) is 0 Å². The van der Waals surface area contributed by atoms with Gasteiger partial charge >= 0.3 is 11.9 Å². The molecule has 1 N–H and O–H groups in total. The highest BCUT2D eigenvalue weighted by molar-refractivity contribution is 7.18. The number of ether oxygens (including phenoxy) is 2. The van der Waals surface area contributed by atoms with E-state index in [1.54, 1.807) is 13.0 Å². The van der Waals surface area contributed by atoms with E-state index >= 15 is 0 Å². The fourth-order valence-corrected chi connectivity index (χ4v) is 4.12. The molecule has 0 spiro atoms. The van der Waals surface area contributed by atoms with Gasteiger partial charge in [0.2, 0.25) is 0 Å². The molecule has 2 heterocycles. The lowest BCUT2D eigenvalue weighted by molar-refractivity contribution is -0.119. The lowest BCUT2D eigenvalue weighted by atomic mass is 10.2. The van der Waals surface area contributed by atoms with Crippen LogP contribution in [-0.2, 0) is 14.3 Å². The van der Waals surface area contributed by atoms with Gasteiger partial charge in [0.25, 0.3) is 5.91 Å². The van der Waals surface area contributed by atoms with E-state index in [-0.39, 0.29) is 37.9 Å². The monoisotopic (exact) mass is 512 g/mol. The summed E-state index contributed by atoms with van der Waals surface area (Å²) in [6, 6.07) is 11.0. The maximum Gasteiger partial charge on any atom is 0.359 e. The minimum Gasteiger partial charge on any atom is -0.462 e. The highest BCUT2D eigenvalue weighted by Gasteiger charge is 2.22. The number of hydrogen-bond acceptors (Lipinski definition) is 7. The molecule has 7 nitrogen and oxygen atoms in total. The number of carbonyl (C=O) groups is 3. The number of benzene rings is 1. The van der Waals surface area contributed by atoms with Gasteiger partial charge in [-0.05, 0) is 18.6 Å². The van der Waals surface area contributed by atoms with Gasteiger partial charge in [-0.2, -0.15) is 0 Å². The second-order valence-corrected chi connectivity index (χ2v) is 8.36. The Morgan fingerprint density at radius 2 is 1.75 bits per heavy atom. The van der Waals surface area contributed by atoms with Crippen molar-refractivity contribution in [3.8, 4) is 10.4 Å². The van der Waals surface area contributed by atoms with Crippen LogP contribution < -0.4 is 5.32 Å². The minimum absolute atomic E-state index is 0.0504. The molecule has 0 aliphatic heterocycles. The van der Waals surface area contributed by atoms with E-state index in [2.05, 4.69) is 10.3 Å². The van der Waals surface area contributed by atoms with Crippen molar-refractivity contribution in [1.82, 2.24) is 4.98 Å². The quantitative estimate of drug-likeness (QED) is 0.405. The van der Waals surface area contributed by atoms with E-state index in [0.717, 1.165) is 16.6 Å². The highest BCUT2D eigenvalue weighted by atomic mass is 35.5. The number of pyridine rings is 1. The molecule has 0 aliphatic carbocycles. The summed E-state index contributed by atoms with van der Waals surface area (Å²) in [5.74, 6) is -2.19. The number of thiophene rings is 1. The lowest BCUT2D eigenvalue weighted by Gasteiger charge is -2.08. The van der Waals surface area contributed by atoms with Crippen LogP contribution in [0.2, 0.25) is 15.1 Å². The second-order valence-electron chi connectivity index (χ2n) is 6.15. The van der Waals surface area contributed by atoms with Crippen LogP contribution in [-0.4, -0.2) is 36.0 Å². The zero-order valence-corrected chi connectivity index (χ0v) is 19.6. The van der Waals surface area contributed by atoms with Gasteiger partial charge in [0.15, 0.2) is 12.3 Å². The third kappa shape index (κ3) is 5.58. The molecule has 3 aromatic rings. The van der Waals surface area contributed by atoms with Gasteiger partial charge in [-0.1, -0.05) is 65.1 Å². The van der Waals surface area contributed by atoms with Crippen LogP contribution in [0.4, 0.5) is 5.69 Å². The van der Waals surface area contributed by atoms with Gasteiger partial charge in [-0.25, -0.2) is 14.6 Å². The number of hydrogen-bond donors (Lipinski definition) is 1. The average molecular weight is 514 g/mol. The van der Waals surface area contributed by atoms with Crippen molar-refractivity contribution in [2.24, 2.45) is 0 Å². The molecule has 1 aromatic carbocycles. The molecule has 0 saturated heterocycles. The van der Waals surface area contributed by atoms with E-state index < -0.39 is 24.5 Å². The summed E-state index contributed by atoms with van der Waals surface area (Å²) in [6.07, 6.45) is 1.15. The first-order chi connectivity index (χ1) is 15.3. The van der Waals surface area contributed by atoms with E-state index in [4.69, 9.17) is 44.3 Å². The predicted octanol–water partition coefficient (Wildman–Crippen LogP) is 5.74. The number of nitrogens with one attached hydrogen (secondary N) is 1. The third-order valence-corrected chi connectivity index (χ3v) is 6.38. The average Bonchev–Trinajstić information content (AvgIpc) is 3.20. The SMILES string of the molecule is CCOC(=O)c1sc(-c2ccccc2)cc1NC(=O)COC(=O)c1ncc(Cl)c(Cl)c1Cl. The second kappa shape index (κ2) is 10.8. The van der Waals surface area contributed by atoms with Gasteiger partial charge in [0, 0.05) is 11.1 Å². The summed E-state index contributed by atoms with van der Waals surface area (Å²) >= 11 is 18.8. The number of amides is 1. The largest absolute Gasteiger partial charge is 0.462 e. The number of rotatable bonds is 7. The van der Waals surface area contributed by atoms with Crippen molar-refractivity contribution in [3.63, 3.8) is 0 Å². The Balaban J connectivity index is 1.74. The third-order valence-electron chi connectivity index (χ3n) is 3.97. The van der Waals surface area contributed by atoms with E-state index in [1.807, 2.05) is 30.3 Å². The maximum atomic E-state index is 12.4. The first kappa shape index (κ1) is 24.0. The van der Waals surface area contributed by atoms with Gasteiger partial charge in [-0.3, -0.25) is 4.79 Å². The smallest absolute Gasteiger partial charge is 0.359 e. The standard InChI is InChI=1S/C21H15Cl3N2O5S/c1-2-30-21(29)19-13(8-14(32-19)11-6-4-3-5-7-11)26-15(27)10-31-20(28)18-17(24)16(23)12(22)9-25-18/h3-9H,2,10H2,1H3,(H,26,27). The first-order valence-electron chi connectivity index (χ1n) is 9.14. The predicted molar refractivity (Wildman–Crippen MR) is 124 cm³/mol. The summed E-state index contributed by atoms with van der Waals surface area (Å²) in [7, 11) is 0. The molecule has 0 atom stereocenters. The molecular weight excluding hydrogens is 499 g/mol. The molecule has 2 aromatic heterocycles. The Hall–Kier alpha value is -2.65. The molecule has 0 saturated carbocycles. The Morgan fingerprint density at radius 3 is 2.44 bits per heavy atom. The summed E-state index contributed by atoms with van der Waals surface area (Å²) in [5, 5.41) is 2.42. The molecule has 0 radical (unpaired) electrons. The maximum absolute atomic E-state index is 12.4. The fraction of sp³-hybridized carbons (Fsp3) is 0.143. The molecule has 0 aliphatic rings. The van der Waals surface area contributed by atoms with Crippen LogP contribution in [0, 0.1) is 0 Å². The van der Waals surface area contributed by atoms with Crippen molar-refractivity contribution < 1.29 is 23.9 Å². The topological polar surface area (TPSA) is 94.6 Å². The Labute approximate surface area is 202 Å². The number of carbonyl (C=O) groups excluding carboxylic acids is 3. The van der Waals surface area contributed by atoms with Crippen molar-refractivity contribution in [3.05, 3.63) is 68.2 Å². The first-order valence-corrected chi connectivity index (χ1v) is 11.1. The van der Waals surface area contributed by atoms with Crippen molar-refractivity contribution in [1.29, 1.82) is 0 Å². The highest BCUT2D eigenvalue weighted by Crippen LogP contribution is 2.35. The zero-order chi connectivity index (χ0) is 23.3. The van der Waals surface area contributed by atoms with E-state index in [0.29, 0.717) is 0 Å². The number of nitrogens with zero attached hydrogens (tertiary/aromatic N) is 1. The fourth-order valence-electron chi connectivity index (χ4n) is 2.55. The summed E-state index contributed by atoms with van der Waals surface area (Å²) in [6.45, 7) is 1.22. The Bertz CT molecular complexity index is 1170.